The summed E-state index contributed by atoms with van der Waals surface area (Å²) in [6.07, 6.45) is 2.81. The van der Waals surface area contributed by atoms with Gasteiger partial charge in [-0.1, -0.05) is 11.6 Å². The molecule has 0 saturated carbocycles. The van der Waals surface area contributed by atoms with Crippen molar-refractivity contribution in [1.82, 2.24) is 9.78 Å². The SMILES string of the molecule is Cn1ncc(Cl)c1C(=O)c1coc(Br)c1. The van der Waals surface area contributed by atoms with Crippen molar-refractivity contribution in [2.75, 3.05) is 0 Å². The molecule has 0 atom stereocenters. The minimum Gasteiger partial charge on any atom is -0.457 e. The van der Waals surface area contributed by atoms with E-state index in [4.69, 9.17) is 16.0 Å². The zero-order valence-electron chi connectivity index (χ0n) is 7.70. The summed E-state index contributed by atoms with van der Waals surface area (Å²) < 4.78 is 6.93. The first-order valence-corrected chi connectivity index (χ1v) is 5.23. The van der Waals surface area contributed by atoms with Crippen molar-refractivity contribution in [1.29, 1.82) is 0 Å². The molecule has 0 spiro atoms. The second-order valence-corrected chi connectivity index (χ2v) is 4.12. The van der Waals surface area contributed by atoms with Crippen molar-refractivity contribution in [2.24, 2.45) is 7.05 Å². The molecule has 2 aromatic rings. The Morgan fingerprint density at radius 3 is 2.87 bits per heavy atom. The maximum atomic E-state index is 11.9. The zero-order valence-corrected chi connectivity index (χ0v) is 10.0. The van der Waals surface area contributed by atoms with Crippen LogP contribution in [0.2, 0.25) is 5.02 Å². The molecule has 0 amide bonds. The Morgan fingerprint density at radius 1 is 1.67 bits per heavy atom. The van der Waals surface area contributed by atoms with Crippen LogP contribution in [0.1, 0.15) is 16.1 Å². The van der Waals surface area contributed by atoms with Crippen molar-refractivity contribution < 1.29 is 9.21 Å². The van der Waals surface area contributed by atoms with Crippen molar-refractivity contribution in [3.05, 3.63) is 39.5 Å². The number of nitrogens with zero attached hydrogens (tertiary/aromatic N) is 2. The predicted molar refractivity (Wildman–Crippen MR) is 58.1 cm³/mol. The van der Waals surface area contributed by atoms with E-state index in [1.807, 2.05) is 0 Å². The summed E-state index contributed by atoms with van der Waals surface area (Å²) in [5, 5.41) is 4.22. The van der Waals surface area contributed by atoms with Gasteiger partial charge in [-0.25, -0.2) is 0 Å². The normalized spacial score (nSPS) is 10.6. The molecule has 0 N–H and O–H groups in total. The molecule has 0 radical (unpaired) electrons. The number of hydrogen-bond acceptors (Lipinski definition) is 3. The van der Waals surface area contributed by atoms with Crippen molar-refractivity contribution in [3.63, 3.8) is 0 Å². The van der Waals surface area contributed by atoms with E-state index in [2.05, 4.69) is 21.0 Å². The highest BCUT2D eigenvalue weighted by molar-refractivity contribution is 9.10. The maximum absolute atomic E-state index is 11.9. The summed E-state index contributed by atoms with van der Waals surface area (Å²) >= 11 is 8.98. The third-order valence-corrected chi connectivity index (χ3v) is 2.63. The zero-order chi connectivity index (χ0) is 11.0. The third kappa shape index (κ3) is 1.85. The molecular formula is C9H6BrClN2O2. The van der Waals surface area contributed by atoms with E-state index >= 15 is 0 Å². The molecule has 0 bridgehead atoms. The number of aromatic nitrogens is 2. The van der Waals surface area contributed by atoms with Crippen molar-refractivity contribution >= 4 is 33.3 Å². The van der Waals surface area contributed by atoms with Gasteiger partial charge in [-0.15, -0.1) is 0 Å². The fourth-order valence-corrected chi connectivity index (χ4v) is 1.82. The number of aryl methyl sites for hydroxylation is 1. The minimum absolute atomic E-state index is 0.213. The maximum Gasteiger partial charge on any atom is 0.215 e. The molecular weight excluding hydrogens is 283 g/mol. The van der Waals surface area contributed by atoms with Gasteiger partial charge < -0.3 is 4.42 Å². The summed E-state index contributed by atoms with van der Waals surface area (Å²) in [4.78, 5) is 11.9. The molecule has 0 fully saturated rings. The van der Waals surface area contributed by atoms with Gasteiger partial charge >= 0.3 is 0 Å². The number of carbonyl (C=O) groups is 1. The van der Waals surface area contributed by atoms with Crippen LogP contribution in [0, 0.1) is 0 Å². The summed E-state index contributed by atoms with van der Waals surface area (Å²) in [6.45, 7) is 0. The summed E-state index contributed by atoms with van der Waals surface area (Å²) in [6, 6.07) is 1.59. The lowest BCUT2D eigenvalue weighted by Gasteiger charge is -1.98. The average Bonchev–Trinajstić information content (AvgIpc) is 2.73. The van der Waals surface area contributed by atoms with Crippen LogP contribution < -0.4 is 0 Å². The van der Waals surface area contributed by atoms with E-state index in [1.54, 1.807) is 13.1 Å². The molecule has 2 aromatic heterocycles. The van der Waals surface area contributed by atoms with Gasteiger partial charge in [-0.05, 0) is 15.9 Å². The van der Waals surface area contributed by atoms with E-state index in [-0.39, 0.29) is 5.78 Å². The van der Waals surface area contributed by atoms with Crippen molar-refractivity contribution in [3.8, 4) is 0 Å². The Labute approximate surface area is 99.0 Å². The van der Waals surface area contributed by atoms with E-state index < -0.39 is 0 Å². The van der Waals surface area contributed by atoms with Crippen LogP contribution in [0.25, 0.3) is 0 Å². The first-order valence-electron chi connectivity index (χ1n) is 4.06. The smallest absolute Gasteiger partial charge is 0.215 e. The highest BCUT2D eigenvalue weighted by Gasteiger charge is 2.19. The van der Waals surface area contributed by atoms with E-state index in [9.17, 15) is 4.79 Å². The molecule has 6 heteroatoms. The molecule has 0 saturated heterocycles. The number of carbonyl (C=O) groups excluding carboxylic acids is 1. The lowest BCUT2D eigenvalue weighted by molar-refractivity contribution is 0.103. The number of furan rings is 1. The van der Waals surface area contributed by atoms with Gasteiger partial charge in [0.25, 0.3) is 0 Å². The van der Waals surface area contributed by atoms with Gasteiger partial charge in [0.15, 0.2) is 4.67 Å². The van der Waals surface area contributed by atoms with Gasteiger partial charge in [0, 0.05) is 13.1 Å². The Kier molecular flexibility index (Phi) is 2.67. The molecule has 0 aliphatic heterocycles. The molecule has 0 aliphatic rings. The minimum atomic E-state index is -0.213. The Balaban J connectivity index is 2.45. The summed E-state index contributed by atoms with van der Waals surface area (Å²) in [7, 11) is 1.66. The summed E-state index contributed by atoms with van der Waals surface area (Å²) in [5.74, 6) is -0.213. The van der Waals surface area contributed by atoms with Crippen LogP contribution in [-0.2, 0) is 7.05 Å². The van der Waals surface area contributed by atoms with Gasteiger partial charge in [-0.2, -0.15) is 5.10 Å². The van der Waals surface area contributed by atoms with Gasteiger partial charge in [0.05, 0.1) is 16.8 Å². The van der Waals surface area contributed by atoms with Gasteiger partial charge in [-0.3, -0.25) is 9.48 Å². The van der Waals surface area contributed by atoms with Gasteiger partial charge in [0.1, 0.15) is 12.0 Å². The molecule has 0 unspecified atom stereocenters. The van der Waals surface area contributed by atoms with Crippen LogP contribution >= 0.6 is 27.5 Å². The highest BCUT2D eigenvalue weighted by Crippen LogP contribution is 2.21. The molecule has 0 aromatic carbocycles. The third-order valence-electron chi connectivity index (χ3n) is 1.94. The topological polar surface area (TPSA) is 48.0 Å². The molecule has 78 valence electrons. The van der Waals surface area contributed by atoms with Crippen LogP contribution in [-0.4, -0.2) is 15.6 Å². The lowest BCUT2D eigenvalue weighted by atomic mass is 10.1. The second kappa shape index (κ2) is 3.83. The largest absolute Gasteiger partial charge is 0.457 e. The Hall–Kier alpha value is -1.07. The van der Waals surface area contributed by atoms with Crippen LogP contribution in [0.15, 0.2) is 27.6 Å². The molecule has 2 rings (SSSR count). The lowest BCUT2D eigenvalue weighted by Crippen LogP contribution is -2.07. The fourth-order valence-electron chi connectivity index (χ4n) is 1.23. The predicted octanol–water partition coefficient (Wildman–Crippen LogP) is 2.66. The quantitative estimate of drug-likeness (QED) is 0.799. The number of halogens is 2. The van der Waals surface area contributed by atoms with Crippen LogP contribution in [0.5, 0.6) is 0 Å². The Morgan fingerprint density at radius 2 is 2.40 bits per heavy atom. The Bertz CT molecular complexity index is 498. The van der Waals surface area contributed by atoms with Crippen molar-refractivity contribution in [2.45, 2.75) is 0 Å². The number of rotatable bonds is 2. The average molecular weight is 290 g/mol. The standard InChI is InChI=1S/C9H6BrClN2O2/c1-13-8(6(11)3-12-13)9(14)5-2-7(10)15-4-5/h2-4H,1H3. The van der Waals surface area contributed by atoms with Crippen LogP contribution in [0.3, 0.4) is 0 Å². The molecule has 2 heterocycles. The fraction of sp³-hybridized carbons (Fsp3) is 0.111. The number of ketones is 1. The van der Waals surface area contributed by atoms with E-state index in [0.29, 0.717) is 20.9 Å². The van der Waals surface area contributed by atoms with E-state index in [1.165, 1.54) is 17.1 Å². The first-order chi connectivity index (χ1) is 7.09. The molecule has 15 heavy (non-hydrogen) atoms. The monoisotopic (exact) mass is 288 g/mol. The van der Waals surface area contributed by atoms with E-state index in [0.717, 1.165) is 0 Å². The summed E-state index contributed by atoms with van der Waals surface area (Å²) in [5.41, 5.74) is 0.789. The number of hydrogen-bond donors (Lipinski definition) is 0. The second-order valence-electron chi connectivity index (χ2n) is 2.93. The van der Waals surface area contributed by atoms with Gasteiger partial charge in [0.2, 0.25) is 5.78 Å². The highest BCUT2D eigenvalue weighted by atomic mass is 79.9. The van der Waals surface area contributed by atoms with Crippen LogP contribution in [0.4, 0.5) is 0 Å². The first kappa shape index (κ1) is 10.4. The molecule has 4 nitrogen and oxygen atoms in total. The molecule has 0 aliphatic carbocycles.